The number of benzene rings is 2. The van der Waals surface area contributed by atoms with E-state index in [1.54, 1.807) is 31.4 Å². The SMILES string of the molecule is CCn1c(SCc2cc(C(C)=O)ccc2OC)nc2cc(S(=O)(=O)N3CCOCC3)ccc21. The van der Waals surface area contributed by atoms with Crippen LogP contribution in [0.5, 0.6) is 5.75 Å². The number of hydrogen-bond donors (Lipinski definition) is 0. The maximum Gasteiger partial charge on any atom is 0.243 e. The van der Waals surface area contributed by atoms with Gasteiger partial charge in [-0.1, -0.05) is 11.8 Å². The first kappa shape index (κ1) is 23.7. The van der Waals surface area contributed by atoms with E-state index in [4.69, 9.17) is 14.5 Å². The van der Waals surface area contributed by atoms with Gasteiger partial charge in [0, 0.05) is 36.5 Å². The molecule has 4 rings (SSSR count). The second-order valence-electron chi connectivity index (χ2n) is 7.68. The highest BCUT2D eigenvalue weighted by Gasteiger charge is 2.27. The summed E-state index contributed by atoms with van der Waals surface area (Å²) in [6.45, 7) is 5.78. The number of morpholine rings is 1. The Bertz CT molecular complexity index is 1280. The van der Waals surface area contributed by atoms with Gasteiger partial charge in [0.2, 0.25) is 10.0 Å². The molecule has 0 saturated carbocycles. The molecule has 1 aromatic heterocycles. The molecule has 176 valence electrons. The Morgan fingerprint density at radius 3 is 2.61 bits per heavy atom. The molecule has 3 aromatic rings. The minimum atomic E-state index is -3.59. The van der Waals surface area contributed by atoms with Crippen molar-refractivity contribution in [2.75, 3.05) is 33.4 Å². The first-order valence-corrected chi connectivity index (χ1v) is 13.2. The lowest BCUT2D eigenvalue weighted by Gasteiger charge is -2.26. The van der Waals surface area contributed by atoms with Crippen molar-refractivity contribution in [2.24, 2.45) is 0 Å². The van der Waals surface area contributed by atoms with Crippen molar-refractivity contribution in [2.45, 2.75) is 36.2 Å². The van der Waals surface area contributed by atoms with E-state index in [1.807, 2.05) is 19.1 Å². The number of sulfonamides is 1. The third kappa shape index (κ3) is 4.79. The van der Waals surface area contributed by atoms with Gasteiger partial charge in [-0.3, -0.25) is 4.79 Å². The number of aryl methyl sites for hydroxylation is 1. The van der Waals surface area contributed by atoms with Crippen molar-refractivity contribution < 1.29 is 22.7 Å². The third-order valence-corrected chi connectivity index (χ3v) is 8.57. The molecule has 0 N–H and O–H groups in total. The molecule has 10 heteroatoms. The van der Waals surface area contributed by atoms with E-state index in [0.29, 0.717) is 55.4 Å². The average Bonchev–Trinajstić information content (AvgIpc) is 3.19. The van der Waals surface area contributed by atoms with E-state index in [0.717, 1.165) is 16.2 Å². The molecular weight excluding hydrogens is 462 g/mol. The number of ketones is 1. The van der Waals surface area contributed by atoms with Gasteiger partial charge in [-0.2, -0.15) is 4.31 Å². The highest BCUT2D eigenvalue weighted by atomic mass is 32.2. The second kappa shape index (κ2) is 9.84. The Hall–Kier alpha value is -2.40. The highest BCUT2D eigenvalue weighted by molar-refractivity contribution is 7.98. The fourth-order valence-electron chi connectivity index (χ4n) is 3.85. The summed E-state index contributed by atoms with van der Waals surface area (Å²) in [6.07, 6.45) is 0. The number of rotatable bonds is 8. The standard InChI is InChI=1S/C23H27N3O5S2/c1-4-26-21-7-6-19(33(28,29)25-9-11-31-12-10-25)14-20(21)24-23(26)32-15-18-13-17(16(2)27)5-8-22(18)30-3/h5-8,13-14H,4,9-12,15H2,1-3H3. The van der Waals surface area contributed by atoms with Crippen LogP contribution in [0.4, 0.5) is 0 Å². The molecule has 1 aliphatic heterocycles. The van der Waals surface area contributed by atoms with Gasteiger partial charge in [0.05, 0.1) is 36.3 Å². The average molecular weight is 490 g/mol. The smallest absolute Gasteiger partial charge is 0.243 e. The summed E-state index contributed by atoms with van der Waals surface area (Å²) in [5.74, 6) is 1.27. The summed E-state index contributed by atoms with van der Waals surface area (Å²) < 4.78 is 40.4. The quantitative estimate of drug-likeness (QED) is 0.353. The zero-order valence-electron chi connectivity index (χ0n) is 18.9. The van der Waals surface area contributed by atoms with Crippen molar-refractivity contribution in [1.82, 2.24) is 13.9 Å². The van der Waals surface area contributed by atoms with Gasteiger partial charge in [-0.15, -0.1) is 0 Å². The predicted molar refractivity (Wildman–Crippen MR) is 128 cm³/mol. The summed E-state index contributed by atoms with van der Waals surface area (Å²) in [5, 5.41) is 0.781. The second-order valence-corrected chi connectivity index (χ2v) is 10.6. The van der Waals surface area contributed by atoms with Crippen LogP contribution in [0.15, 0.2) is 46.5 Å². The minimum Gasteiger partial charge on any atom is -0.496 e. The Morgan fingerprint density at radius 2 is 1.94 bits per heavy atom. The number of carbonyl (C=O) groups excluding carboxylic acids is 1. The van der Waals surface area contributed by atoms with Crippen LogP contribution < -0.4 is 4.74 Å². The van der Waals surface area contributed by atoms with E-state index < -0.39 is 10.0 Å². The number of fused-ring (bicyclic) bond motifs is 1. The van der Waals surface area contributed by atoms with Gasteiger partial charge in [-0.05, 0) is 50.2 Å². The van der Waals surface area contributed by atoms with Gasteiger partial charge < -0.3 is 14.0 Å². The lowest BCUT2D eigenvalue weighted by molar-refractivity contribution is 0.0730. The summed E-state index contributed by atoms with van der Waals surface area (Å²) in [4.78, 5) is 16.8. The van der Waals surface area contributed by atoms with E-state index in [9.17, 15) is 13.2 Å². The molecule has 0 bridgehead atoms. The van der Waals surface area contributed by atoms with Crippen molar-refractivity contribution in [3.63, 3.8) is 0 Å². The molecule has 0 amide bonds. The Morgan fingerprint density at radius 1 is 1.18 bits per heavy atom. The first-order valence-electron chi connectivity index (χ1n) is 10.7. The van der Waals surface area contributed by atoms with Gasteiger partial charge >= 0.3 is 0 Å². The lowest BCUT2D eigenvalue weighted by Crippen LogP contribution is -2.40. The maximum absolute atomic E-state index is 13.0. The molecule has 0 spiro atoms. The fourth-order valence-corrected chi connectivity index (χ4v) is 6.34. The normalized spacial score (nSPS) is 15.1. The van der Waals surface area contributed by atoms with Gasteiger partial charge in [0.25, 0.3) is 0 Å². The summed E-state index contributed by atoms with van der Waals surface area (Å²) in [6, 6.07) is 10.5. The molecule has 8 nitrogen and oxygen atoms in total. The van der Waals surface area contributed by atoms with Crippen molar-refractivity contribution in [3.05, 3.63) is 47.5 Å². The minimum absolute atomic E-state index is 0.00120. The number of hydrogen-bond acceptors (Lipinski definition) is 7. The van der Waals surface area contributed by atoms with Gasteiger partial charge in [0.1, 0.15) is 5.75 Å². The maximum atomic E-state index is 13.0. The molecule has 2 heterocycles. The number of methoxy groups -OCH3 is 1. The number of carbonyl (C=O) groups is 1. The topological polar surface area (TPSA) is 90.7 Å². The van der Waals surface area contributed by atoms with E-state index in [1.165, 1.54) is 23.0 Å². The molecule has 1 aliphatic rings. The molecule has 2 aromatic carbocycles. The van der Waals surface area contributed by atoms with E-state index in [2.05, 4.69) is 4.57 Å². The monoisotopic (exact) mass is 489 g/mol. The van der Waals surface area contributed by atoms with Gasteiger partial charge in [-0.25, -0.2) is 13.4 Å². The van der Waals surface area contributed by atoms with Crippen LogP contribution in [0, 0.1) is 0 Å². The number of ether oxygens (including phenoxy) is 2. The van der Waals surface area contributed by atoms with Crippen molar-refractivity contribution in [1.29, 1.82) is 0 Å². The molecule has 33 heavy (non-hydrogen) atoms. The van der Waals surface area contributed by atoms with E-state index >= 15 is 0 Å². The molecule has 1 fully saturated rings. The summed E-state index contributed by atoms with van der Waals surface area (Å²) in [5.41, 5.74) is 3.05. The van der Waals surface area contributed by atoms with Crippen LogP contribution in [0.2, 0.25) is 0 Å². The van der Waals surface area contributed by atoms with Crippen LogP contribution in [0.1, 0.15) is 29.8 Å². The number of Topliss-reactive ketones (excluding diaryl/α,β-unsaturated/α-hetero) is 1. The van der Waals surface area contributed by atoms with Crippen molar-refractivity contribution >= 4 is 38.6 Å². The number of nitrogens with zero attached hydrogens (tertiary/aromatic N) is 3. The van der Waals surface area contributed by atoms with E-state index in [-0.39, 0.29) is 10.7 Å². The highest BCUT2D eigenvalue weighted by Crippen LogP contribution is 2.32. The zero-order chi connectivity index (χ0) is 23.6. The molecular formula is C23H27N3O5S2. The molecule has 0 aliphatic carbocycles. The van der Waals surface area contributed by atoms with Crippen LogP contribution in [-0.2, 0) is 27.1 Å². The Labute approximate surface area is 197 Å². The van der Waals surface area contributed by atoms with Crippen LogP contribution in [0.3, 0.4) is 0 Å². The summed E-state index contributed by atoms with van der Waals surface area (Å²) >= 11 is 1.53. The van der Waals surface area contributed by atoms with Crippen LogP contribution in [0.25, 0.3) is 11.0 Å². The fraction of sp³-hybridized carbons (Fsp3) is 0.391. The number of thioether (sulfide) groups is 1. The van der Waals surface area contributed by atoms with Crippen LogP contribution >= 0.6 is 11.8 Å². The Balaban J connectivity index is 1.64. The Kier molecular flexibility index (Phi) is 7.08. The molecule has 0 radical (unpaired) electrons. The third-order valence-electron chi connectivity index (χ3n) is 5.65. The molecule has 0 unspecified atom stereocenters. The van der Waals surface area contributed by atoms with Crippen LogP contribution in [-0.4, -0.2) is 61.5 Å². The number of imidazole rings is 1. The number of aromatic nitrogens is 2. The first-order chi connectivity index (χ1) is 15.8. The molecule has 1 saturated heterocycles. The van der Waals surface area contributed by atoms with Crippen molar-refractivity contribution in [3.8, 4) is 5.75 Å². The largest absolute Gasteiger partial charge is 0.496 e. The lowest BCUT2D eigenvalue weighted by atomic mass is 10.1. The summed E-state index contributed by atoms with van der Waals surface area (Å²) in [7, 11) is -1.99. The molecule has 0 atom stereocenters. The predicted octanol–water partition coefficient (Wildman–Crippen LogP) is 3.58. The zero-order valence-corrected chi connectivity index (χ0v) is 20.5. The van der Waals surface area contributed by atoms with Gasteiger partial charge in [0.15, 0.2) is 10.9 Å².